The second-order valence-corrected chi connectivity index (χ2v) is 2.62. The first-order chi connectivity index (χ1) is 6.65. The van der Waals surface area contributed by atoms with E-state index in [-0.39, 0.29) is 17.8 Å². The Bertz CT molecular complexity index is 396. The van der Waals surface area contributed by atoms with Gasteiger partial charge in [-0.25, -0.2) is 4.39 Å². The van der Waals surface area contributed by atoms with Crippen LogP contribution in [0.3, 0.4) is 0 Å². The monoisotopic (exact) mass is 192 g/mol. The molecule has 0 aliphatic heterocycles. The highest BCUT2D eigenvalue weighted by Crippen LogP contribution is 2.12. The van der Waals surface area contributed by atoms with Gasteiger partial charge >= 0.3 is 0 Å². The second kappa shape index (κ2) is 4.28. The molecular weight excluding hydrogens is 183 g/mol. The van der Waals surface area contributed by atoms with Crippen molar-refractivity contribution in [3.05, 3.63) is 29.6 Å². The van der Waals surface area contributed by atoms with Crippen LogP contribution in [0.15, 0.2) is 18.2 Å². The Morgan fingerprint density at radius 3 is 2.93 bits per heavy atom. The van der Waals surface area contributed by atoms with E-state index in [1.165, 1.54) is 12.1 Å². The van der Waals surface area contributed by atoms with Gasteiger partial charge in [-0.2, -0.15) is 0 Å². The molecule has 0 heterocycles. The molecule has 72 valence electrons. The summed E-state index contributed by atoms with van der Waals surface area (Å²) in [5.74, 6) is 1.37. The molecule has 0 unspecified atom stereocenters. The van der Waals surface area contributed by atoms with Crippen LogP contribution in [-0.4, -0.2) is 12.5 Å². The zero-order chi connectivity index (χ0) is 10.6. The molecule has 1 aromatic carbocycles. The molecule has 0 aliphatic rings. The van der Waals surface area contributed by atoms with Gasteiger partial charge in [-0.3, -0.25) is 4.79 Å². The molecule has 0 saturated carbocycles. The van der Waals surface area contributed by atoms with Crippen LogP contribution in [0.1, 0.15) is 10.4 Å². The zero-order valence-corrected chi connectivity index (χ0v) is 7.38. The van der Waals surface area contributed by atoms with Gasteiger partial charge in [0, 0.05) is 5.69 Å². The van der Waals surface area contributed by atoms with Gasteiger partial charge < -0.3 is 11.1 Å². The number of hydrogen-bond acceptors (Lipinski definition) is 2. The lowest BCUT2D eigenvalue weighted by atomic mass is 10.1. The predicted octanol–water partition coefficient (Wildman–Crippen LogP) is 0.771. The molecule has 1 rings (SSSR count). The molecule has 3 N–H and O–H groups in total. The summed E-state index contributed by atoms with van der Waals surface area (Å²) in [6, 6.07) is 3.57. The first kappa shape index (κ1) is 10.1. The summed E-state index contributed by atoms with van der Waals surface area (Å²) < 4.78 is 12.6. The number of amides is 1. The highest BCUT2D eigenvalue weighted by atomic mass is 19.1. The van der Waals surface area contributed by atoms with Crippen molar-refractivity contribution >= 4 is 11.6 Å². The standard InChI is InChI=1S/C10H9FN2O/c1-2-5-13-10(14)8-4-3-7(11)6-9(8)12/h1,3-4,6H,5,12H2,(H,13,14). The predicted molar refractivity (Wildman–Crippen MR) is 52.0 cm³/mol. The smallest absolute Gasteiger partial charge is 0.254 e. The molecular formula is C10H9FN2O. The Kier molecular flexibility index (Phi) is 3.08. The average Bonchev–Trinajstić information content (AvgIpc) is 2.14. The number of nitrogen functional groups attached to an aromatic ring is 1. The molecule has 4 heteroatoms. The van der Waals surface area contributed by atoms with E-state index in [1.54, 1.807) is 0 Å². The van der Waals surface area contributed by atoms with Gasteiger partial charge in [-0.05, 0) is 18.2 Å². The summed E-state index contributed by atoms with van der Waals surface area (Å²) in [7, 11) is 0. The fourth-order valence-corrected chi connectivity index (χ4v) is 0.967. The maximum absolute atomic E-state index is 12.6. The number of nitrogens with one attached hydrogen (secondary N) is 1. The van der Waals surface area contributed by atoms with Gasteiger partial charge in [0.15, 0.2) is 0 Å². The number of nitrogens with two attached hydrogens (primary N) is 1. The van der Waals surface area contributed by atoms with E-state index in [0.717, 1.165) is 6.07 Å². The maximum atomic E-state index is 12.6. The summed E-state index contributed by atoms with van der Waals surface area (Å²) in [4.78, 5) is 11.3. The number of carbonyl (C=O) groups excluding carboxylic acids is 1. The van der Waals surface area contributed by atoms with Gasteiger partial charge in [0.25, 0.3) is 5.91 Å². The number of anilines is 1. The Hall–Kier alpha value is -2.02. The molecule has 0 fully saturated rings. The minimum Gasteiger partial charge on any atom is -0.398 e. The van der Waals surface area contributed by atoms with Gasteiger partial charge in [0.1, 0.15) is 5.82 Å². The lowest BCUT2D eigenvalue weighted by Crippen LogP contribution is -2.24. The van der Waals surface area contributed by atoms with Crippen molar-refractivity contribution in [3.8, 4) is 12.3 Å². The minimum atomic E-state index is -0.476. The van der Waals surface area contributed by atoms with Crippen LogP contribution in [0.5, 0.6) is 0 Å². The molecule has 0 aliphatic carbocycles. The third-order valence-electron chi connectivity index (χ3n) is 1.61. The lowest BCUT2D eigenvalue weighted by Gasteiger charge is -2.04. The summed E-state index contributed by atoms with van der Waals surface area (Å²) in [5, 5.41) is 2.43. The van der Waals surface area contributed by atoms with Crippen LogP contribution in [0, 0.1) is 18.2 Å². The van der Waals surface area contributed by atoms with E-state index in [9.17, 15) is 9.18 Å². The second-order valence-electron chi connectivity index (χ2n) is 2.62. The van der Waals surface area contributed by atoms with Crippen LogP contribution >= 0.6 is 0 Å². The van der Waals surface area contributed by atoms with Gasteiger partial charge in [0.05, 0.1) is 12.1 Å². The SMILES string of the molecule is C#CCNC(=O)c1ccc(F)cc1N. The molecule has 14 heavy (non-hydrogen) atoms. The average molecular weight is 192 g/mol. The number of carbonyl (C=O) groups is 1. The minimum absolute atomic E-state index is 0.0968. The Morgan fingerprint density at radius 2 is 2.36 bits per heavy atom. The maximum Gasteiger partial charge on any atom is 0.254 e. The van der Waals surface area contributed by atoms with E-state index in [4.69, 9.17) is 12.2 Å². The van der Waals surface area contributed by atoms with E-state index >= 15 is 0 Å². The summed E-state index contributed by atoms with van der Waals surface area (Å²) in [6.45, 7) is 0.121. The van der Waals surface area contributed by atoms with E-state index in [2.05, 4.69) is 11.2 Å². The van der Waals surface area contributed by atoms with E-state index in [1.807, 2.05) is 0 Å². The molecule has 3 nitrogen and oxygen atoms in total. The van der Waals surface area contributed by atoms with Crippen molar-refractivity contribution in [1.29, 1.82) is 0 Å². The van der Waals surface area contributed by atoms with Gasteiger partial charge in [0.2, 0.25) is 0 Å². The first-order valence-electron chi connectivity index (χ1n) is 3.92. The lowest BCUT2D eigenvalue weighted by molar-refractivity contribution is 0.0959. The van der Waals surface area contributed by atoms with Gasteiger partial charge in [-0.1, -0.05) is 5.92 Å². The fourth-order valence-electron chi connectivity index (χ4n) is 0.967. The van der Waals surface area contributed by atoms with Crippen molar-refractivity contribution < 1.29 is 9.18 Å². The highest BCUT2D eigenvalue weighted by Gasteiger charge is 2.08. The third kappa shape index (κ3) is 2.23. The summed E-state index contributed by atoms with van der Waals surface area (Å²) in [5.41, 5.74) is 5.76. The van der Waals surface area contributed by atoms with Gasteiger partial charge in [-0.15, -0.1) is 6.42 Å². The van der Waals surface area contributed by atoms with E-state index < -0.39 is 11.7 Å². The Balaban J connectivity index is 2.86. The van der Waals surface area contributed by atoms with Crippen LogP contribution in [0.25, 0.3) is 0 Å². The van der Waals surface area contributed by atoms with Crippen molar-refractivity contribution in [1.82, 2.24) is 5.32 Å². The van der Waals surface area contributed by atoms with Crippen molar-refractivity contribution in [2.24, 2.45) is 0 Å². The normalized spacial score (nSPS) is 9.14. The number of benzene rings is 1. The molecule has 0 atom stereocenters. The zero-order valence-electron chi connectivity index (χ0n) is 7.38. The molecule has 0 saturated heterocycles. The first-order valence-corrected chi connectivity index (χ1v) is 3.92. The number of terminal acetylenes is 1. The fraction of sp³-hybridized carbons (Fsp3) is 0.100. The third-order valence-corrected chi connectivity index (χ3v) is 1.61. The van der Waals surface area contributed by atoms with Crippen molar-refractivity contribution in [2.45, 2.75) is 0 Å². The Morgan fingerprint density at radius 1 is 1.64 bits per heavy atom. The molecule has 0 spiro atoms. The molecule has 0 radical (unpaired) electrons. The summed E-state index contributed by atoms with van der Waals surface area (Å²) >= 11 is 0. The van der Waals surface area contributed by atoms with Crippen LogP contribution in [-0.2, 0) is 0 Å². The summed E-state index contributed by atoms with van der Waals surface area (Å²) in [6.07, 6.45) is 4.96. The number of hydrogen-bond donors (Lipinski definition) is 2. The quantitative estimate of drug-likeness (QED) is 0.537. The van der Waals surface area contributed by atoms with Crippen LogP contribution in [0.2, 0.25) is 0 Å². The van der Waals surface area contributed by atoms with Crippen molar-refractivity contribution in [2.75, 3.05) is 12.3 Å². The van der Waals surface area contributed by atoms with Crippen molar-refractivity contribution in [3.63, 3.8) is 0 Å². The number of rotatable bonds is 2. The van der Waals surface area contributed by atoms with Crippen LogP contribution in [0.4, 0.5) is 10.1 Å². The van der Waals surface area contributed by atoms with E-state index in [0.29, 0.717) is 0 Å². The number of halogens is 1. The Labute approximate surface area is 81.1 Å². The molecule has 1 aromatic rings. The largest absolute Gasteiger partial charge is 0.398 e. The highest BCUT2D eigenvalue weighted by molar-refractivity contribution is 5.99. The van der Waals surface area contributed by atoms with Crippen LogP contribution < -0.4 is 11.1 Å². The molecule has 0 aromatic heterocycles. The molecule has 1 amide bonds. The molecule has 0 bridgehead atoms. The topological polar surface area (TPSA) is 55.1 Å².